The van der Waals surface area contributed by atoms with Gasteiger partial charge in [-0.3, -0.25) is 4.57 Å². The number of hydrogen-bond donors (Lipinski definition) is 2. The largest absolute Gasteiger partial charge is 0.388 e. The quantitative estimate of drug-likeness (QED) is 0.680. The van der Waals surface area contributed by atoms with Crippen molar-refractivity contribution in [1.82, 2.24) is 9.55 Å². The first-order valence-electron chi connectivity index (χ1n) is 4.09. The third kappa shape index (κ3) is 1.11. The number of aromatic nitrogens is 2. The average Bonchev–Trinajstić information content (AvgIpc) is 2.42. The highest BCUT2D eigenvalue weighted by Gasteiger charge is 2.02. The lowest BCUT2D eigenvalue weighted by molar-refractivity contribution is 0.891. The van der Waals surface area contributed by atoms with Crippen molar-refractivity contribution in [1.29, 1.82) is 0 Å². The Balaban J connectivity index is 2.80. The van der Waals surface area contributed by atoms with Crippen molar-refractivity contribution < 1.29 is 0 Å². The van der Waals surface area contributed by atoms with Gasteiger partial charge >= 0.3 is 5.69 Å². The Bertz CT molecular complexity index is 495. The first kappa shape index (κ1) is 7.91. The Morgan fingerprint density at radius 1 is 1.46 bits per heavy atom. The molecule has 0 aliphatic heterocycles. The summed E-state index contributed by atoms with van der Waals surface area (Å²) in [5.74, 6) is 0. The molecule has 0 saturated heterocycles. The second-order valence-corrected chi connectivity index (χ2v) is 2.97. The van der Waals surface area contributed by atoms with E-state index in [-0.39, 0.29) is 5.69 Å². The first-order valence-corrected chi connectivity index (χ1v) is 4.09. The average molecular weight is 177 g/mol. The molecule has 0 atom stereocenters. The molecule has 0 amide bonds. The van der Waals surface area contributed by atoms with E-state index in [1.165, 1.54) is 0 Å². The Hall–Kier alpha value is -1.71. The van der Waals surface area contributed by atoms with Crippen molar-refractivity contribution >= 4 is 16.7 Å². The summed E-state index contributed by atoms with van der Waals surface area (Å²) >= 11 is 0. The molecule has 1 heterocycles. The van der Waals surface area contributed by atoms with Crippen LogP contribution in [0, 0.1) is 0 Å². The van der Waals surface area contributed by atoms with Crippen LogP contribution in [-0.2, 0) is 7.05 Å². The molecular formula is C9H11N3O. The molecule has 0 spiro atoms. The molecule has 4 heteroatoms. The van der Waals surface area contributed by atoms with Crippen molar-refractivity contribution in [2.75, 3.05) is 12.4 Å². The smallest absolute Gasteiger partial charge is 0.326 e. The van der Waals surface area contributed by atoms with Crippen LogP contribution >= 0.6 is 0 Å². The van der Waals surface area contributed by atoms with Crippen LogP contribution in [0.15, 0.2) is 23.0 Å². The number of rotatable bonds is 1. The van der Waals surface area contributed by atoms with E-state index >= 15 is 0 Å². The van der Waals surface area contributed by atoms with E-state index in [4.69, 9.17) is 0 Å². The van der Waals surface area contributed by atoms with Gasteiger partial charge in [0, 0.05) is 19.8 Å². The van der Waals surface area contributed by atoms with Gasteiger partial charge in [0.15, 0.2) is 0 Å². The Labute approximate surface area is 75.2 Å². The molecule has 2 rings (SSSR count). The molecule has 0 unspecified atom stereocenters. The Morgan fingerprint density at radius 2 is 2.23 bits per heavy atom. The molecule has 0 fully saturated rings. The Kier molecular flexibility index (Phi) is 1.62. The first-order chi connectivity index (χ1) is 6.22. The number of imidazole rings is 1. The second-order valence-electron chi connectivity index (χ2n) is 2.97. The van der Waals surface area contributed by atoms with Crippen LogP contribution < -0.4 is 11.0 Å². The van der Waals surface area contributed by atoms with Gasteiger partial charge in [0.2, 0.25) is 0 Å². The summed E-state index contributed by atoms with van der Waals surface area (Å²) in [6, 6.07) is 5.77. The third-order valence-electron chi connectivity index (χ3n) is 2.19. The molecule has 0 saturated carbocycles. The fourth-order valence-electron chi connectivity index (χ4n) is 1.39. The van der Waals surface area contributed by atoms with Crippen LogP contribution in [0.4, 0.5) is 5.69 Å². The maximum absolute atomic E-state index is 11.2. The Morgan fingerprint density at radius 3 is 2.92 bits per heavy atom. The van der Waals surface area contributed by atoms with Gasteiger partial charge in [-0.05, 0) is 18.2 Å². The van der Waals surface area contributed by atoms with Crippen LogP contribution in [0.2, 0.25) is 0 Å². The zero-order valence-corrected chi connectivity index (χ0v) is 7.59. The van der Waals surface area contributed by atoms with Crippen LogP contribution in [0.3, 0.4) is 0 Å². The van der Waals surface area contributed by atoms with E-state index in [1.807, 2.05) is 25.2 Å². The zero-order valence-electron chi connectivity index (χ0n) is 7.59. The number of nitrogens with zero attached hydrogens (tertiary/aromatic N) is 1. The molecule has 2 N–H and O–H groups in total. The highest BCUT2D eigenvalue weighted by atomic mass is 16.1. The SMILES string of the molecule is CNc1ccc2c(c1)[nH]c(=O)n2C. The minimum absolute atomic E-state index is 0.0803. The molecule has 1 aromatic heterocycles. The second kappa shape index (κ2) is 2.65. The maximum atomic E-state index is 11.2. The van der Waals surface area contributed by atoms with E-state index in [2.05, 4.69) is 10.3 Å². The van der Waals surface area contributed by atoms with Gasteiger partial charge < -0.3 is 10.3 Å². The van der Waals surface area contributed by atoms with E-state index < -0.39 is 0 Å². The molecule has 0 bridgehead atoms. The summed E-state index contributed by atoms with van der Waals surface area (Å²) in [4.78, 5) is 14.0. The van der Waals surface area contributed by atoms with Crippen molar-refractivity contribution in [3.05, 3.63) is 28.7 Å². The lowest BCUT2D eigenvalue weighted by atomic mass is 10.3. The highest BCUT2D eigenvalue weighted by molar-refractivity contribution is 5.79. The summed E-state index contributed by atoms with van der Waals surface area (Å²) in [7, 11) is 3.60. The number of aryl methyl sites for hydroxylation is 1. The van der Waals surface area contributed by atoms with Gasteiger partial charge in [0.05, 0.1) is 11.0 Å². The summed E-state index contributed by atoms with van der Waals surface area (Å²) in [6.07, 6.45) is 0. The molecule has 2 aromatic rings. The van der Waals surface area contributed by atoms with Gasteiger partial charge in [-0.25, -0.2) is 4.79 Å². The van der Waals surface area contributed by atoms with Crippen molar-refractivity contribution in [3.63, 3.8) is 0 Å². The van der Waals surface area contributed by atoms with Gasteiger partial charge in [0.1, 0.15) is 0 Å². The third-order valence-corrected chi connectivity index (χ3v) is 2.19. The van der Waals surface area contributed by atoms with Crippen molar-refractivity contribution in [2.45, 2.75) is 0 Å². The molecule has 0 radical (unpaired) electrons. The maximum Gasteiger partial charge on any atom is 0.326 e. The molecule has 13 heavy (non-hydrogen) atoms. The molecule has 68 valence electrons. The summed E-state index contributed by atoms with van der Waals surface area (Å²) in [6.45, 7) is 0. The molecule has 1 aromatic carbocycles. The van der Waals surface area contributed by atoms with Gasteiger partial charge in [-0.15, -0.1) is 0 Å². The van der Waals surface area contributed by atoms with Crippen LogP contribution in [0.5, 0.6) is 0 Å². The highest BCUT2D eigenvalue weighted by Crippen LogP contribution is 2.14. The van der Waals surface area contributed by atoms with E-state index in [0.717, 1.165) is 16.7 Å². The van der Waals surface area contributed by atoms with E-state index in [9.17, 15) is 4.79 Å². The standard InChI is InChI=1S/C9H11N3O/c1-10-6-3-4-8-7(5-6)11-9(13)12(8)2/h3-5,10H,1-2H3,(H,11,13). The predicted molar refractivity (Wildman–Crippen MR) is 53.1 cm³/mol. The number of H-pyrrole nitrogens is 1. The predicted octanol–water partition coefficient (Wildman–Crippen LogP) is 0.908. The zero-order chi connectivity index (χ0) is 9.42. The number of aromatic amines is 1. The minimum atomic E-state index is -0.0803. The monoisotopic (exact) mass is 177 g/mol. The van der Waals surface area contributed by atoms with Gasteiger partial charge in [-0.2, -0.15) is 0 Å². The fraction of sp³-hybridized carbons (Fsp3) is 0.222. The van der Waals surface area contributed by atoms with E-state index in [0.29, 0.717) is 0 Å². The summed E-state index contributed by atoms with van der Waals surface area (Å²) in [5, 5.41) is 3.02. The van der Waals surface area contributed by atoms with Gasteiger partial charge in [0.25, 0.3) is 0 Å². The minimum Gasteiger partial charge on any atom is -0.388 e. The van der Waals surface area contributed by atoms with Crippen LogP contribution in [0.1, 0.15) is 0 Å². The number of nitrogens with one attached hydrogen (secondary N) is 2. The number of hydrogen-bond acceptors (Lipinski definition) is 2. The fourth-order valence-corrected chi connectivity index (χ4v) is 1.39. The molecular weight excluding hydrogens is 166 g/mol. The normalized spacial score (nSPS) is 10.6. The number of benzene rings is 1. The number of anilines is 1. The van der Waals surface area contributed by atoms with E-state index in [1.54, 1.807) is 11.6 Å². The lowest BCUT2D eigenvalue weighted by Crippen LogP contribution is -2.11. The lowest BCUT2D eigenvalue weighted by Gasteiger charge is -1.98. The van der Waals surface area contributed by atoms with Crippen LogP contribution in [0.25, 0.3) is 11.0 Å². The van der Waals surface area contributed by atoms with Crippen molar-refractivity contribution in [2.24, 2.45) is 7.05 Å². The molecule has 4 nitrogen and oxygen atoms in total. The summed E-state index contributed by atoms with van der Waals surface area (Å²) in [5.41, 5.74) is 2.70. The van der Waals surface area contributed by atoms with Gasteiger partial charge in [-0.1, -0.05) is 0 Å². The number of fused-ring (bicyclic) bond motifs is 1. The molecule has 0 aliphatic carbocycles. The van der Waals surface area contributed by atoms with Crippen LogP contribution in [-0.4, -0.2) is 16.6 Å². The topological polar surface area (TPSA) is 49.8 Å². The van der Waals surface area contributed by atoms with Crippen molar-refractivity contribution in [3.8, 4) is 0 Å². The summed E-state index contributed by atoms with van der Waals surface area (Å²) < 4.78 is 1.59. The molecule has 0 aliphatic rings.